The highest BCUT2D eigenvalue weighted by Gasteiger charge is 2.40. The summed E-state index contributed by atoms with van der Waals surface area (Å²) in [5.74, 6) is -0.232. The van der Waals surface area contributed by atoms with Gasteiger partial charge in [-0.25, -0.2) is 0 Å². The number of aryl methyl sites for hydroxylation is 1. The third kappa shape index (κ3) is 3.16. The number of rotatable bonds is 4. The van der Waals surface area contributed by atoms with E-state index in [9.17, 15) is 15.0 Å². The van der Waals surface area contributed by atoms with E-state index < -0.39 is 5.97 Å². The SMILES string of the molecule is Cc1cc(-n2c(C3CCOCC3)c([C@H]3C[C@@H](C(=O)O)C3)c3cc(O)ccc32)ccn1. The number of carboxylic acids is 1. The summed E-state index contributed by atoms with van der Waals surface area (Å²) in [5, 5.41) is 20.7. The first-order valence-corrected chi connectivity index (χ1v) is 10.6. The summed E-state index contributed by atoms with van der Waals surface area (Å²) in [6.07, 6.45) is 5.00. The maximum absolute atomic E-state index is 11.5. The first-order valence-electron chi connectivity index (χ1n) is 10.6. The van der Waals surface area contributed by atoms with Gasteiger partial charge in [-0.1, -0.05) is 0 Å². The van der Waals surface area contributed by atoms with Gasteiger partial charge in [0.2, 0.25) is 0 Å². The zero-order valence-electron chi connectivity index (χ0n) is 17.0. The molecule has 0 unspecified atom stereocenters. The molecule has 2 aromatic heterocycles. The molecule has 0 radical (unpaired) electrons. The Kier molecular flexibility index (Phi) is 4.74. The molecule has 0 amide bonds. The van der Waals surface area contributed by atoms with E-state index in [2.05, 4.69) is 15.6 Å². The van der Waals surface area contributed by atoms with Gasteiger partial charge in [-0.2, -0.15) is 0 Å². The number of pyridine rings is 1. The predicted molar refractivity (Wildman–Crippen MR) is 113 cm³/mol. The van der Waals surface area contributed by atoms with E-state index in [1.165, 1.54) is 11.3 Å². The monoisotopic (exact) mass is 406 g/mol. The van der Waals surface area contributed by atoms with Gasteiger partial charge < -0.3 is 19.5 Å². The molecule has 0 bridgehead atoms. The molecule has 0 atom stereocenters. The summed E-state index contributed by atoms with van der Waals surface area (Å²) in [6, 6.07) is 9.64. The van der Waals surface area contributed by atoms with Crippen LogP contribution in [0.3, 0.4) is 0 Å². The Morgan fingerprint density at radius 2 is 1.90 bits per heavy atom. The van der Waals surface area contributed by atoms with Gasteiger partial charge in [0, 0.05) is 47.8 Å². The molecule has 30 heavy (non-hydrogen) atoms. The number of hydrogen-bond acceptors (Lipinski definition) is 4. The van der Waals surface area contributed by atoms with Crippen LogP contribution in [0.15, 0.2) is 36.5 Å². The smallest absolute Gasteiger partial charge is 0.306 e. The Hall–Kier alpha value is -2.86. The summed E-state index contributed by atoms with van der Waals surface area (Å²) < 4.78 is 7.94. The van der Waals surface area contributed by atoms with Crippen LogP contribution in [-0.2, 0) is 9.53 Å². The number of carboxylic acid groups (broad SMARTS) is 1. The lowest BCUT2D eigenvalue weighted by Crippen LogP contribution is -2.30. The van der Waals surface area contributed by atoms with E-state index in [-0.39, 0.29) is 17.6 Å². The molecule has 1 aliphatic carbocycles. The zero-order chi connectivity index (χ0) is 20.8. The van der Waals surface area contributed by atoms with Gasteiger partial charge in [0.1, 0.15) is 5.75 Å². The van der Waals surface area contributed by atoms with Crippen LogP contribution in [0.5, 0.6) is 5.75 Å². The Labute approximate surface area is 175 Å². The van der Waals surface area contributed by atoms with E-state index in [1.54, 1.807) is 6.07 Å². The number of benzene rings is 1. The van der Waals surface area contributed by atoms with Crippen molar-refractivity contribution in [2.75, 3.05) is 13.2 Å². The van der Waals surface area contributed by atoms with Gasteiger partial charge in [-0.05, 0) is 74.4 Å². The van der Waals surface area contributed by atoms with Gasteiger partial charge in [-0.15, -0.1) is 0 Å². The van der Waals surface area contributed by atoms with E-state index >= 15 is 0 Å². The fraction of sp³-hybridized carbons (Fsp3) is 0.417. The standard InChI is InChI=1S/C24H26N2O4/c1-14-10-18(4-7-25-14)26-21-3-2-19(27)13-20(21)22(16-11-17(12-16)24(28)29)23(26)15-5-8-30-9-6-15/h2-4,7,10,13,15-17,27H,5-6,8-9,11-12H2,1H3,(H,28,29)/t16-,17+. The zero-order valence-corrected chi connectivity index (χ0v) is 17.0. The molecule has 5 rings (SSSR count). The van der Waals surface area contributed by atoms with Crippen molar-refractivity contribution >= 4 is 16.9 Å². The van der Waals surface area contributed by atoms with Crippen LogP contribution in [0.25, 0.3) is 16.6 Å². The molecule has 6 nitrogen and oxygen atoms in total. The van der Waals surface area contributed by atoms with Gasteiger partial charge >= 0.3 is 5.97 Å². The average molecular weight is 406 g/mol. The third-order valence-electron chi connectivity index (χ3n) is 6.67. The minimum absolute atomic E-state index is 0.192. The van der Waals surface area contributed by atoms with Crippen molar-refractivity contribution in [1.29, 1.82) is 0 Å². The lowest BCUT2D eigenvalue weighted by atomic mass is 9.69. The number of carbonyl (C=O) groups is 1. The van der Waals surface area contributed by atoms with Crippen LogP contribution < -0.4 is 0 Å². The molecule has 1 saturated carbocycles. The number of ether oxygens (including phenoxy) is 1. The highest BCUT2D eigenvalue weighted by Crippen LogP contribution is 2.50. The molecule has 3 aromatic rings. The predicted octanol–water partition coefficient (Wildman–Crippen LogP) is 4.51. The van der Waals surface area contributed by atoms with Gasteiger partial charge in [0.05, 0.1) is 11.4 Å². The minimum Gasteiger partial charge on any atom is -0.508 e. The molecule has 3 heterocycles. The van der Waals surface area contributed by atoms with Gasteiger partial charge in [-0.3, -0.25) is 9.78 Å². The lowest BCUT2D eigenvalue weighted by molar-refractivity contribution is -0.145. The van der Waals surface area contributed by atoms with E-state index in [0.29, 0.717) is 18.8 Å². The summed E-state index contributed by atoms with van der Waals surface area (Å²) in [5.41, 5.74) is 5.51. The molecule has 1 aliphatic heterocycles. The molecule has 0 spiro atoms. The van der Waals surface area contributed by atoms with Crippen LogP contribution in [0.4, 0.5) is 0 Å². The molecule has 1 saturated heterocycles. The lowest BCUT2D eigenvalue weighted by Gasteiger charge is -2.35. The van der Waals surface area contributed by atoms with Crippen molar-refractivity contribution in [3.05, 3.63) is 53.5 Å². The number of aliphatic carboxylic acids is 1. The van der Waals surface area contributed by atoms with Crippen molar-refractivity contribution in [3.63, 3.8) is 0 Å². The van der Waals surface area contributed by atoms with Crippen molar-refractivity contribution < 1.29 is 19.7 Å². The minimum atomic E-state index is -0.713. The van der Waals surface area contributed by atoms with Crippen molar-refractivity contribution in [1.82, 2.24) is 9.55 Å². The van der Waals surface area contributed by atoms with Crippen LogP contribution in [0, 0.1) is 12.8 Å². The van der Waals surface area contributed by atoms with Crippen LogP contribution in [0.2, 0.25) is 0 Å². The van der Waals surface area contributed by atoms with Crippen molar-refractivity contribution in [2.24, 2.45) is 5.92 Å². The number of aromatic hydroxyl groups is 1. The quantitative estimate of drug-likeness (QED) is 0.666. The Balaban J connectivity index is 1.76. The molecular weight excluding hydrogens is 380 g/mol. The molecule has 6 heteroatoms. The van der Waals surface area contributed by atoms with E-state index in [0.717, 1.165) is 48.3 Å². The van der Waals surface area contributed by atoms with Crippen LogP contribution in [0.1, 0.15) is 54.5 Å². The fourth-order valence-corrected chi connectivity index (χ4v) is 5.13. The highest BCUT2D eigenvalue weighted by molar-refractivity contribution is 5.90. The molecule has 2 N–H and O–H groups in total. The number of fused-ring (bicyclic) bond motifs is 1. The number of phenols is 1. The normalized spacial score (nSPS) is 22.2. The summed E-state index contributed by atoms with van der Waals surface area (Å²) in [6.45, 7) is 3.45. The number of hydrogen-bond donors (Lipinski definition) is 2. The topological polar surface area (TPSA) is 84.6 Å². The van der Waals surface area contributed by atoms with E-state index in [4.69, 9.17) is 4.74 Å². The summed E-state index contributed by atoms with van der Waals surface area (Å²) >= 11 is 0. The number of nitrogens with zero attached hydrogens (tertiary/aromatic N) is 2. The summed E-state index contributed by atoms with van der Waals surface area (Å²) in [4.78, 5) is 15.8. The van der Waals surface area contributed by atoms with Gasteiger partial charge in [0.15, 0.2) is 0 Å². The fourth-order valence-electron chi connectivity index (χ4n) is 5.13. The molecule has 2 aliphatic rings. The summed E-state index contributed by atoms with van der Waals surface area (Å²) in [7, 11) is 0. The molecular formula is C24H26N2O4. The Bertz CT molecular complexity index is 1110. The average Bonchev–Trinajstić information content (AvgIpc) is 3.01. The van der Waals surface area contributed by atoms with Crippen LogP contribution in [-0.4, -0.2) is 38.9 Å². The van der Waals surface area contributed by atoms with Crippen LogP contribution >= 0.6 is 0 Å². The van der Waals surface area contributed by atoms with Crippen molar-refractivity contribution in [3.8, 4) is 11.4 Å². The second-order valence-corrected chi connectivity index (χ2v) is 8.58. The first kappa shape index (κ1) is 19.1. The van der Waals surface area contributed by atoms with E-state index in [1.807, 2.05) is 31.3 Å². The maximum atomic E-state index is 11.5. The number of aromatic nitrogens is 2. The van der Waals surface area contributed by atoms with Gasteiger partial charge in [0.25, 0.3) is 0 Å². The molecule has 1 aromatic carbocycles. The first-order chi connectivity index (χ1) is 14.5. The number of phenolic OH excluding ortho intramolecular Hbond substituents is 1. The molecule has 156 valence electrons. The molecule has 2 fully saturated rings. The Morgan fingerprint density at radius 3 is 2.60 bits per heavy atom. The highest BCUT2D eigenvalue weighted by atomic mass is 16.5. The second-order valence-electron chi connectivity index (χ2n) is 8.58. The van der Waals surface area contributed by atoms with Crippen molar-refractivity contribution in [2.45, 2.75) is 44.4 Å². The second kappa shape index (κ2) is 7.43. The maximum Gasteiger partial charge on any atom is 0.306 e. The third-order valence-corrected chi connectivity index (χ3v) is 6.67. The largest absolute Gasteiger partial charge is 0.508 e. The Morgan fingerprint density at radius 1 is 1.13 bits per heavy atom.